The van der Waals surface area contributed by atoms with Gasteiger partial charge in [-0.25, -0.2) is 8.78 Å². The molecule has 0 spiro atoms. The Morgan fingerprint density at radius 3 is 2.71 bits per heavy atom. The SMILES string of the molecule is C[N+]1(COc2nc3c(cc2-c2cccc(F)c2)nnn3-c2ccccc2F)C=NC=N1. The Morgan fingerprint density at radius 2 is 1.94 bits per heavy atom. The zero-order valence-electron chi connectivity index (χ0n) is 16.4. The first-order valence-corrected chi connectivity index (χ1v) is 9.36. The van der Waals surface area contributed by atoms with Crippen LogP contribution >= 0.6 is 0 Å². The van der Waals surface area contributed by atoms with Crippen molar-refractivity contribution in [2.75, 3.05) is 13.8 Å². The van der Waals surface area contributed by atoms with Crippen LogP contribution in [-0.4, -0.2) is 51.0 Å². The van der Waals surface area contributed by atoms with E-state index in [-0.39, 0.29) is 22.9 Å². The van der Waals surface area contributed by atoms with Crippen LogP contribution < -0.4 is 4.74 Å². The van der Waals surface area contributed by atoms with Gasteiger partial charge >= 0.3 is 0 Å². The molecule has 31 heavy (non-hydrogen) atoms. The van der Waals surface area contributed by atoms with Crippen molar-refractivity contribution in [1.29, 1.82) is 0 Å². The van der Waals surface area contributed by atoms with Gasteiger partial charge in [0.15, 0.2) is 12.0 Å². The Bertz CT molecular complexity index is 1340. The predicted octanol–water partition coefficient (Wildman–Crippen LogP) is 3.53. The summed E-state index contributed by atoms with van der Waals surface area (Å²) in [4.78, 5) is 8.56. The van der Waals surface area contributed by atoms with E-state index in [1.165, 1.54) is 29.2 Å². The molecule has 0 fully saturated rings. The molecule has 10 heteroatoms. The number of aliphatic imine (C=N–C) groups is 1. The predicted molar refractivity (Wildman–Crippen MR) is 111 cm³/mol. The Kier molecular flexibility index (Phi) is 4.48. The fraction of sp³-hybridized carbons (Fsp3) is 0.0952. The second-order valence-electron chi connectivity index (χ2n) is 7.13. The number of rotatable bonds is 5. The summed E-state index contributed by atoms with van der Waals surface area (Å²) in [7, 11) is 1.80. The van der Waals surface area contributed by atoms with E-state index in [0.29, 0.717) is 22.3 Å². The van der Waals surface area contributed by atoms with Gasteiger partial charge in [-0.2, -0.15) is 14.7 Å². The molecule has 1 atom stereocenters. The molecular weight excluding hydrogens is 404 g/mol. The van der Waals surface area contributed by atoms with E-state index in [4.69, 9.17) is 4.74 Å². The first kappa shape index (κ1) is 18.9. The monoisotopic (exact) mass is 420 g/mol. The molecular formula is C21H16F2N7O+. The van der Waals surface area contributed by atoms with E-state index in [0.717, 1.165) is 0 Å². The van der Waals surface area contributed by atoms with Crippen molar-refractivity contribution in [3.05, 3.63) is 66.2 Å². The Hall–Kier alpha value is -4.05. The van der Waals surface area contributed by atoms with E-state index >= 15 is 0 Å². The van der Waals surface area contributed by atoms with E-state index in [1.54, 1.807) is 49.8 Å². The van der Waals surface area contributed by atoms with Gasteiger partial charge in [0.05, 0.1) is 0 Å². The van der Waals surface area contributed by atoms with Crippen LogP contribution in [0.5, 0.6) is 5.88 Å². The second-order valence-corrected chi connectivity index (χ2v) is 7.13. The third-order valence-electron chi connectivity index (χ3n) is 4.77. The quantitative estimate of drug-likeness (QED) is 0.463. The van der Waals surface area contributed by atoms with Crippen LogP contribution in [0.4, 0.5) is 8.78 Å². The van der Waals surface area contributed by atoms with Gasteiger partial charge < -0.3 is 4.74 Å². The number of para-hydroxylation sites is 1. The van der Waals surface area contributed by atoms with Gasteiger partial charge in [0.25, 0.3) is 6.73 Å². The highest BCUT2D eigenvalue weighted by Gasteiger charge is 2.25. The first-order chi connectivity index (χ1) is 15.0. The lowest BCUT2D eigenvalue weighted by Crippen LogP contribution is -2.38. The molecule has 3 heterocycles. The third kappa shape index (κ3) is 3.53. The van der Waals surface area contributed by atoms with Crippen LogP contribution in [0.3, 0.4) is 0 Å². The highest BCUT2D eigenvalue weighted by Crippen LogP contribution is 2.32. The van der Waals surface area contributed by atoms with Crippen LogP contribution in [0.1, 0.15) is 0 Å². The Morgan fingerprint density at radius 1 is 1.06 bits per heavy atom. The molecule has 1 aliphatic heterocycles. The minimum atomic E-state index is -0.464. The maximum Gasteiger partial charge on any atom is 0.254 e. The summed E-state index contributed by atoms with van der Waals surface area (Å²) in [6, 6.07) is 14.0. The van der Waals surface area contributed by atoms with Crippen molar-refractivity contribution >= 4 is 23.8 Å². The maximum absolute atomic E-state index is 14.4. The second kappa shape index (κ2) is 7.33. The van der Waals surface area contributed by atoms with Crippen molar-refractivity contribution in [2.24, 2.45) is 10.1 Å². The number of quaternary nitrogens is 1. The number of pyridine rings is 1. The van der Waals surface area contributed by atoms with Crippen LogP contribution in [0.2, 0.25) is 0 Å². The van der Waals surface area contributed by atoms with Gasteiger partial charge in [-0.1, -0.05) is 34.6 Å². The molecule has 0 radical (unpaired) electrons. The lowest BCUT2D eigenvalue weighted by molar-refractivity contribution is -0.836. The minimum Gasteiger partial charge on any atom is -0.424 e. The summed E-state index contributed by atoms with van der Waals surface area (Å²) in [5, 5.41) is 12.4. The molecule has 1 aliphatic rings. The molecule has 154 valence electrons. The summed E-state index contributed by atoms with van der Waals surface area (Å²) >= 11 is 0. The van der Waals surface area contributed by atoms with Crippen molar-refractivity contribution in [2.45, 2.75) is 0 Å². The molecule has 0 saturated carbocycles. The molecule has 0 N–H and O–H groups in total. The van der Waals surface area contributed by atoms with Crippen molar-refractivity contribution < 1.29 is 18.1 Å². The number of hydrogen-bond acceptors (Lipinski definition) is 6. The molecule has 5 rings (SSSR count). The highest BCUT2D eigenvalue weighted by atomic mass is 19.1. The Labute approximate surface area is 175 Å². The zero-order chi connectivity index (χ0) is 21.4. The standard InChI is InChI=1S/C21H16F2N7O/c1-30(12-24-11-25-30)13-31-21-16(14-5-4-6-15(22)9-14)10-18-20(26-21)29(28-27-18)19-8-3-2-7-17(19)23/h2-12H,13H2,1H3/q+1. The average molecular weight is 420 g/mol. The minimum absolute atomic E-state index is 0.0626. The fourth-order valence-corrected chi connectivity index (χ4v) is 3.21. The molecule has 1 unspecified atom stereocenters. The summed E-state index contributed by atoms with van der Waals surface area (Å²) in [6.45, 7) is 0.0993. The van der Waals surface area contributed by atoms with Crippen molar-refractivity contribution in [3.8, 4) is 22.7 Å². The van der Waals surface area contributed by atoms with E-state index in [1.807, 2.05) is 0 Å². The Balaban J connectivity index is 1.65. The van der Waals surface area contributed by atoms with Crippen LogP contribution in [0, 0.1) is 11.6 Å². The molecule has 0 bridgehead atoms. The average Bonchev–Trinajstić information content (AvgIpc) is 3.38. The number of aromatic nitrogens is 4. The summed E-state index contributed by atoms with van der Waals surface area (Å²) in [6.07, 6.45) is 3.05. The van der Waals surface area contributed by atoms with Crippen molar-refractivity contribution in [3.63, 3.8) is 0 Å². The van der Waals surface area contributed by atoms with Crippen LogP contribution in [0.15, 0.2) is 64.7 Å². The molecule has 2 aromatic heterocycles. The highest BCUT2D eigenvalue weighted by molar-refractivity contribution is 5.82. The van der Waals surface area contributed by atoms with Gasteiger partial charge in [-0.3, -0.25) is 0 Å². The van der Waals surface area contributed by atoms with E-state index < -0.39 is 11.6 Å². The molecule has 0 saturated heterocycles. The van der Waals surface area contributed by atoms with Crippen LogP contribution in [0.25, 0.3) is 28.0 Å². The molecule has 4 aromatic rings. The maximum atomic E-state index is 14.4. The van der Waals surface area contributed by atoms with Gasteiger partial charge in [0, 0.05) is 5.56 Å². The first-order valence-electron chi connectivity index (χ1n) is 9.36. The smallest absolute Gasteiger partial charge is 0.254 e. The van der Waals surface area contributed by atoms with Gasteiger partial charge in [-0.05, 0) is 35.9 Å². The molecule has 2 aromatic carbocycles. The number of halogens is 2. The largest absolute Gasteiger partial charge is 0.424 e. The lowest BCUT2D eigenvalue weighted by Gasteiger charge is -2.19. The van der Waals surface area contributed by atoms with E-state index in [2.05, 4.69) is 25.4 Å². The topological polar surface area (TPSA) is 77.5 Å². The normalized spacial score (nSPS) is 17.5. The summed E-state index contributed by atoms with van der Waals surface area (Å²) in [5.74, 6) is -0.643. The number of ether oxygens (including phenoxy) is 1. The molecule has 8 nitrogen and oxygen atoms in total. The van der Waals surface area contributed by atoms with Gasteiger partial charge in [-0.15, -0.1) is 9.69 Å². The third-order valence-corrected chi connectivity index (χ3v) is 4.77. The molecule has 0 aliphatic carbocycles. The number of benzene rings is 2. The van der Waals surface area contributed by atoms with Crippen molar-refractivity contribution in [1.82, 2.24) is 20.0 Å². The summed E-state index contributed by atoms with van der Waals surface area (Å²) < 4.78 is 35.6. The van der Waals surface area contributed by atoms with Gasteiger partial charge in [0.1, 0.15) is 29.9 Å². The lowest BCUT2D eigenvalue weighted by atomic mass is 10.1. The number of hydrogen-bond donors (Lipinski definition) is 0. The van der Waals surface area contributed by atoms with E-state index in [9.17, 15) is 8.78 Å². The van der Waals surface area contributed by atoms with Gasteiger partial charge in [0.2, 0.25) is 12.2 Å². The number of fused-ring (bicyclic) bond motifs is 1. The summed E-state index contributed by atoms with van der Waals surface area (Å²) in [5.41, 5.74) is 2.01. The zero-order valence-corrected chi connectivity index (χ0v) is 16.4. The van der Waals surface area contributed by atoms with Crippen LogP contribution in [-0.2, 0) is 0 Å². The number of nitrogens with zero attached hydrogens (tertiary/aromatic N) is 7. The fourth-order valence-electron chi connectivity index (χ4n) is 3.21. The molecule has 0 amide bonds.